The molecule has 1 fully saturated rings. The minimum Gasteiger partial charge on any atom is -0.459 e. The van der Waals surface area contributed by atoms with Crippen molar-refractivity contribution in [3.05, 3.63) is 53.7 Å². The maximum absolute atomic E-state index is 14.0. The number of aromatic nitrogens is 1. The average molecular weight is 394 g/mol. The molecule has 148 valence electrons. The van der Waals surface area contributed by atoms with Gasteiger partial charge in [-0.15, -0.1) is 0 Å². The van der Waals surface area contributed by atoms with Crippen LogP contribution in [0.1, 0.15) is 24.1 Å². The number of oxazole rings is 1. The standard InChI is InChI=1S/C21H19FN4O3/c1-13-4-5-16(15(22)11-13)24-19(27)14-6-8-26(9-7-14)21-17(12-23)25-20(29-21)18-3-2-10-28-18/h2-5,10-11,14H,6-9H2,1H3,(H,24,27). The third kappa shape index (κ3) is 3.85. The van der Waals surface area contributed by atoms with Gasteiger partial charge >= 0.3 is 0 Å². The summed E-state index contributed by atoms with van der Waals surface area (Å²) in [6.07, 6.45) is 2.62. The largest absolute Gasteiger partial charge is 0.459 e. The van der Waals surface area contributed by atoms with Gasteiger partial charge in [-0.1, -0.05) is 6.07 Å². The van der Waals surface area contributed by atoms with Crippen molar-refractivity contribution in [1.82, 2.24) is 4.98 Å². The van der Waals surface area contributed by atoms with Crippen LogP contribution in [-0.4, -0.2) is 24.0 Å². The molecular formula is C21H19FN4O3. The number of nitriles is 1. The molecule has 7 nitrogen and oxygen atoms in total. The van der Waals surface area contributed by atoms with Crippen molar-refractivity contribution in [1.29, 1.82) is 5.26 Å². The SMILES string of the molecule is Cc1ccc(NC(=O)C2CCN(c3oc(-c4ccco4)nc3C#N)CC2)c(F)c1. The monoisotopic (exact) mass is 394 g/mol. The first-order chi connectivity index (χ1) is 14.0. The molecule has 0 atom stereocenters. The fourth-order valence-corrected chi connectivity index (χ4v) is 3.41. The summed E-state index contributed by atoms with van der Waals surface area (Å²) in [5, 5.41) is 12.1. The number of hydrogen-bond acceptors (Lipinski definition) is 6. The van der Waals surface area contributed by atoms with Crippen molar-refractivity contribution < 1.29 is 18.0 Å². The number of piperidine rings is 1. The molecule has 0 saturated carbocycles. The van der Waals surface area contributed by atoms with E-state index in [1.165, 1.54) is 12.3 Å². The van der Waals surface area contributed by atoms with Gasteiger partial charge in [0.15, 0.2) is 5.76 Å². The molecule has 0 bridgehead atoms. The van der Waals surface area contributed by atoms with Crippen molar-refractivity contribution in [2.45, 2.75) is 19.8 Å². The van der Waals surface area contributed by atoms with E-state index < -0.39 is 5.82 Å². The van der Waals surface area contributed by atoms with Crippen LogP contribution in [0.4, 0.5) is 16.0 Å². The summed E-state index contributed by atoms with van der Waals surface area (Å²) in [5.41, 5.74) is 1.16. The number of carbonyl (C=O) groups is 1. The van der Waals surface area contributed by atoms with Gasteiger partial charge in [0.25, 0.3) is 5.89 Å². The Balaban J connectivity index is 1.42. The average Bonchev–Trinajstić information content (AvgIpc) is 3.39. The zero-order chi connectivity index (χ0) is 20.4. The summed E-state index contributed by atoms with van der Waals surface area (Å²) in [4.78, 5) is 18.6. The first-order valence-electron chi connectivity index (χ1n) is 9.32. The number of carbonyl (C=O) groups excluding carboxylic acids is 1. The topological polar surface area (TPSA) is 95.3 Å². The number of furan rings is 1. The van der Waals surface area contributed by atoms with Gasteiger partial charge < -0.3 is 19.1 Å². The quantitative estimate of drug-likeness (QED) is 0.716. The van der Waals surface area contributed by atoms with E-state index in [0.29, 0.717) is 37.6 Å². The molecule has 29 heavy (non-hydrogen) atoms. The molecule has 3 aromatic rings. The Hall–Kier alpha value is -3.60. The fraction of sp³-hybridized carbons (Fsp3) is 0.286. The summed E-state index contributed by atoms with van der Waals surface area (Å²) in [7, 11) is 0. The van der Waals surface area contributed by atoms with Crippen LogP contribution in [-0.2, 0) is 4.79 Å². The highest BCUT2D eigenvalue weighted by atomic mass is 19.1. The van der Waals surface area contributed by atoms with E-state index in [1.54, 1.807) is 31.2 Å². The van der Waals surface area contributed by atoms with E-state index in [1.807, 2.05) is 11.0 Å². The van der Waals surface area contributed by atoms with E-state index in [2.05, 4.69) is 10.3 Å². The highest BCUT2D eigenvalue weighted by Crippen LogP contribution is 2.31. The first-order valence-corrected chi connectivity index (χ1v) is 9.32. The number of benzene rings is 1. The summed E-state index contributed by atoms with van der Waals surface area (Å²) >= 11 is 0. The van der Waals surface area contributed by atoms with Crippen molar-refractivity contribution >= 4 is 17.5 Å². The lowest BCUT2D eigenvalue weighted by Crippen LogP contribution is -2.38. The number of aryl methyl sites for hydroxylation is 1. The van der Waals surface area contributed by atoms with Crippen LogP contribution in [0.15, 0.2) is 45.4 Å². The van der Waals surface area contributed by atoms with Gasteiger partial charge in [-0.05, 0) is 49.6 Å². The van der Waals surface area contributed by atoms with Gasteiger partial charge in [-0.2, -0.15) is 10.2 Å². The van der Waals surface area contributed by atoms with E-state index in [0.717, 1.165) is 5.56 Å². The molecule has 0 aliphatic carbocycles. The lowest BCUT2D eigenvalue weighted by molar-refractivity contribution is -0.120. The summed E-state index contributed by atoms with van der Waals surface area (Å²) < 4.78 is 25.0. The number of halogens is 1. The molecule has 0 spiro atoms. The Labute approximate surface area is 166 Å². The Morgan fingerprint density at radius 2 is 2.14 bits per heavy atom. The minimum absolute atomic E-state index is 0.182. The molecule has 1 N–H and O–H groups in total. The van der Waals surface area contributed by atoms with Gasteiger partial charge in [0.1, 0.15) is 11.9 Å². The van der Waals surface area contributed by atoms with Crippen LogP contribution >= 0.6 is 0 Å². The Kier molecular flexibility index (Phi) is 5.04. The third-order valence-electron chi connectivity index (χ3n) is 4.98. The molecule has 4 rings (SSSR count). The van der Waals surface area contributed by atoms with E-state index >= 15 is 0 Å². The first kappa shape index (κ1) is 18.7. The van der Waals surface area contributed by atoms with Crippen LogP contribution in [0, 0.1) is 30.0 Å². The fourth-order valence-electron chi connectivity index (χ4n) is 3.41. The molecule has 0 unspecified atom stereocenters. The zero-order valence-electron chi connectivity index (χ0n) is 15.8. The van der Waals surface area contributed by atoms with Crippen LogP contribution in [0.5, 0.6) is 0 Å². The lowest BCUT2D eigenvalue weighted by atomic mass is 9.95. The predicted octanol–water partition coefficient (Wildman–Crippen LogP) is 4.11. The molecule has 1 amide bonds. The van der Waals surface area contributed by atoms with Crippen molar-refractivity contribution in [3.8, 4) is 17.7 Å². The molecule has 2 aromatic heterocycles. The third-order valence-corrected chi connectivity index (χ3v) is 4.98. The number of hydrogen-bond donors (Lipinski definition) is 1. The van der Waals surface area contributed by atoms with E-state index in [-0.39, 0.29) is 29.1 Å². The van der Waals surface area contributed by atoms with Gasteiger partial charge in [-0.25, -0.2) is 4.39 Å². The minimum atomic E-state index is -0.443. The number of anilines is 2. The second-order valence-electron chi connectivity index (χ2n) is 7.00. The number of amides is 1. The highest BCUT2D eigenvalue weighted by molar-refractivity contribution is 5.92. The normalized spacial score (nSPS) is 14.6. The maximum Gasteiger partial charge on any atom is 0.266 e. The van der Waals surface area contributed by atoms with Gasteiger partial charge in [0.2, 0.25) is 17.5 Å². The van der Waals surface area contributed by atoms with Crippen molar-refractivity contribution in [3.63, 3.8) is 0 Å². The summed E-state index contributed by atoms with van der Waals surface area (Å²) in [6, 6.07) is 10.2. The molecule has 1 aromatic carbocycles. The number of nitrogens with zero attached hydrogens (tertiary/aromatic N) is 3. The van der Waals surface area contributed by atoms with Crippen LogP contribution < -0.4 is 10.2 Å². The Morgan fingerprint density at radius 3 is 2.79 bits per heavy atom. The Morgan fingerprint density at radius 1 is 1.34 bits per heavy atom. The van der Waals surface area contributed by atoms with Crippen molar-refractivity contribution in [2.75, 3.05) is 23.3 Å². The van der Waals surface area contributed by atoms with Gasteiger partial charge in [0, 0.05) is 19.0 Å². The molecule has 3 heterocycles. The van der Waals surface area contributed by atoms with Crippen molar-refractivity contribution in [2.24, 2.45) is 5.92 Å². The smallest absolute Gasteiger partial charge is 0.266 e. The second kappa shape index (κ2) is 7.80. The Bertz CT molecular complexity index is 1060. The lowest BCUT2D eigenvalue weighted by Gasteiger charge is -2.31. The molecule has 8 heteroatoms. The molecule has 1 aliphatic rings. The molecular weight excluding hydrogens is 375 g/mol. The highest BCUT2D eigenvalue weighted by Gasteiger charge is 2.29. The van der Waals surface area contributed by atoms with E-state index in [9.17, 15) is 14.4 Å². The molecule has 0 radical (unpaired) electrons. The second-order valence-corrected chi connectivity index (χ2v) is 7.00. The summed E-state index contributed by atoms with van der Waals surface area (Å²) in [5.74, 6) is 0.175. The zero-order valence-corrected chi connectivity index (χ0v) is 15.8. The van der Waals surface area contributed by atoms with Crippen LogP contribution in [0.3, 0.4) is 0 Å². The predicted molar refractivity (Wildman–Crippen MR) is 104 cm³/mol. The molecule has 1 saturated heterocycles. The van der Waals surface area contributed by atoms with E-state index in [4.69, 9.17) is 8.83 Å². The van der Waals surface area contributed by atoms with Crippen LogP contribution in [0.2, 0.25) is 0 Å². The number of rotatable bonds is 4. The van der Waals surface area contributed by atoms with Crippen LogP contribution in [0.25, 0.3) is 11.7 Å². The van der Waals surface area contributed by atoms with Gasteiger partial charge in [-0.3, -0.25) is 4.79 Å². The maximum atomic E-state index is 14.0. The summed E-state index contributed by atoms with van der Waals surface area (Å²) in [6.45, 7) is 2.84. The number of nitrogens with one attached hydrogen (secondary N) is 1. The van der Waals surface area contributed by atoms with Gasteiger partial charge in [0.05, 0.1) is 12.0 Å². The molecule has 1 aliphatic heterocycles.